The Kier molecular flexibility index (Phi) is 5.01. The molecule has 162 valence electrons. The van der Waals surface area contributed by atoms with Crippen LogP contribution in [0.15, 0.2) is 42.6 Å². The summed E-state index contributed by atoms with van der Waals surface area (Å²) in [5.74, 6) is -0.375. The average Bonchev–Trinajstić information content (AvgIpc) is 3.31. The van der Waals surface area contributed by atoms with Gasteiger partial charge in [0.2, 0.25) is 5.91 Å². The predicted molar refractivity (Wildman–Crippen MR) is 118 cm³/mol. The first-order chi connectivity index (χ1) is 15.4. The summed E-state index contributed by atoms with van der Waals surface area (Å²) < 4.78 is 14.5. The number of fused-ring (bicyclic) bond motifs is 1. The predicted octanol–water partition coefficient (Wildman–Crippen LogP) is 3.87. The maximum absolute atomic E-state index is 14.5. The molecule has 0 spiro atoms. The van der Waals surface area contributed by atoms with Crippen LogP contribution in [0.25, 0.3) is 11.3 Å². The van der Waals surface area contributed by atoms with Crippen molar-refractivity contribution in [2.45, 2.75) is 18.9 Å². The zero-order valence-corrected chi connectivity index (χ0v) is 17.9. The van der Waals surface area contributed by atoms with Crippen molar-refractivity contribution in [2.75, 3.05) is 18.9 Å². The number of halogens is 2. The Labute approximate surface area is 188 Å². The van der Waals surface area contributed by atoms with Crippen LogP contribution in [0.1, 0.15) is 34.0 Å². The van der Waals surface area contributed by atoms with E-state index in [1.54, 1.807) is 36.3 Å². The first-order valence-electron chi connectivity index (χ1n) is 10.2. The molecule has 2 aromatic heterocycles. The van der Waals surface area contributed by atoms with E-state index < -0.39 is 5.82 Å². The molecule has 2 aliphatic rings. The zero-order valence-electron chi connectivity index (χ0n) is 17.2. The second-order valence-corrected chi connectivity index (χ2v) is 8.27. The first-order valence-corrected chi connectivity index (χ1v) is 10.5. The molecule has 9 heteroatoms. The van der Waals surface area contributed by atoms with Crippen LogP contribution in [0.4, 0.5) is 15.9 Å². The zero-order chi connectivity index (χ0) is 22.4. The number of nitrogens with one attached hydrogen (secondary N) is 2. The number of anilines is 2. The molecular weight excluding hydrogens is 433 g/mol. The summed E-state index contributed by atoms with van der Waals surface area (Å²) in [4.78, 5) is 35.3. The average molecular weight is 452 g/mol. The molecule has 7 nitrogen and oxygen atoms in total. The van der Waals surface area contributed by atoms with E-state index >= 15 is 0 Å². The van der Waals surface area contributed by atoms with Gasteiger partial charge in [-0.05, 0) is 36.2 Å². The highest BCUT2D eigenvalue weighted by atomic mass is 35.5. The third kappa shape index (κ3) is 3.46. The standard InChI is InChI=1S/C23H19ClFN5O2/c1-30-8-7-13(23(30)32)12-5-6-19(26-10-12)29-17-9-16(20-14(24)3-2-4-15(20)25)28-18-11-27-22(31)21(17)18/h2-6,9-10,13H,7-8,11H2,1H3,(H,27,31)(H,26,28,29)/t13-/m0/s1. The number of likely N-dealkylation sites (tertiary alicyclic amines) is 1. The van der Waals surface area contributed by atoms with Gasteiger partial charge in [0.1, 0.15) is 11.6 Å². The van der Waals surface area contributed by atoms with Crippen LogP contribution >= 0.6 is 11.6 Å². The fourth-order valence-electron chi connectivity index (χ4n) is 4.16. The number of likely N-dealkylation sites (N-methyl/N-ethyl adjacent to an activating group) is 1. The summed E-state index contributed by atoms with van der Waals surface area (Å²) >= 11 is 6.23. The Morgan fingerprint density at radius 2 is 2.06 bits per heavy atom. The van der Waals surface area contributed by atoms with Gasteiger partial charge in [-0.15, -0.1) is 0 Å². The van der Waals surface area contributed by atoms with E-state index in [4.69, 9.17) is 11.6 Å². The third-order valence-corrected chi connectivity index (χ3v) is 6.15. The van der Waals surface area contributed by atoms with E-state index in [0.29, 0.717) is 28.5 Å². The molecule has 0 saturated carbocycles. The van der Waals surface area contributed by atoms with E-state index in [1.807, 2.05) is 6.07 Å². The van der Waals surface area contributed by atoms with E-state index in [0.717, 1.165) is 18.5 Å². The topological polar surface area (TPSA) is 87.2 Å². The van der Waals surface area contributed by atoms with Crippen LogP contribution in [0.2, 0.25) is 5.02 Å². The smallest absolute Gasteiger partial charge is 0.255 e. The van der Waals surface area contributed by atoms with Gasteiger partial charge in [-0.1, -0.05) is 23.7 Å². The first kappa shape index (κ1) is 20.4. The van der Waals surface area contributed by atoms with Gasteiger partial charge in [-0.25, -0.2) is 14.4 Å². The van der Waals surface area contributed by atoms with Crippen LogP contribution in [0.5, 0.6) is 0 Å². The van der Waals surface area contributed by atoms with Crippen LogP contribution in [-0.4, -0.2) is 40.3 Å². The number of hydrogen-bond donors (Lipinski definition) is 2. The summed E-state index contributed by atoms with van der Waals surface area (Å²) in [7, 11) is 1.79. The van der Waals surface area contributed by atoms with Gasteiger partial charge in [0.25, 0.3) is 5.91 Å². The lowest BCUT2D eigenvalue weighted by molar-refractivity contribution is -0.127. The van der Waals surface area contributed by atoms with Gasteiger partial charge < -0.3 is 15.5 Å². The number of rotatable bonds is 4. The largest absolute Gasteiger partial charge is 0.346 e. The number of hydrogen-bond acceptors (Lipinski definition) is 5. The molecule has 3 aromatic rings. The SMILES string of the molecule is CN1CC[C@@H](c2ccc(Nc3cc(-c4c(F)cccc4Cl)nc4c3C(=O)NC4)nc2)C1=O. The Bertz CT molecular complexity index is 1230. The molecule has 32 heavy (non-hydrogen) atoms. The van der Waals surface area contributed by atoms with Crippen molar-refractivity contribution < 1.29 is 14.0 Å². The minimum atomic E-state index is -0.498. The molecule has 4 heterocycles. The molecule has 2 aliphatic heterocycles. The third-order valence-electron chi connectivity index (χ3n) is 5.84. The van der Waals surface area contributed by atoms with Gasteiger partial charge in [-0.3, -0.25) is 9.59 Å². The van der Waals surface area contributed by atoms with Gasteiger partial charge in [0.05, 0.1) is 45.7 Å². The van der Waals surface area contributed by atoms with E-state index in [9.17, 15) is 14.0 Å². The van der Waals surface area contributed by atoms with Crippen LogP contribution in [-0.2, 0) is 11.3 Å². The van der Waals surface area contributed by atoms with Crippen LogP contribution in [0.3, 0.4) is 0 Å². The summed E-state index contributed by atoms with van der Waals surface area (Å²) in [5.41, 5.74) is 2.69. The summed E-state index contributed by atoms with van der Waals surface area (Å²) in [6.45, 7) is 0.968. The van der Waals surface area contributed by atoms with Gasteiger partial charge in [0.15, 0.2) is 0 Å². The molecule has 2 amide bonds. The maximum atomic E-state index is 14.5. The number of aromatic nitrogens is 2. The highest BCUT2D eigenvalue weighted by molar-refractivity contribution is 6.33. The number of carbonyl (C=O) groups excluding carboxylic acids is 2. The second-order valence-electron chi connectivity index (χ2n) is 7.86. The van der Waals surface area contributed by atoms with Crippen molar-refractivity contribution in [3.05, 3.63) is 70.3 Å². The van der Waals surface area contributed by atoms with Crippen molar-refractivity contribution in [3.8, 4) is 11.3 Å². The fourth-order valence-corrected chi connectivity index (χ4v) is 4.42. The van der Waals surface area contributed by atoms with Gasteiger partial charge >= 0.3 is 0 Å². The van der Waals surface area contributed by atoms with E-state index in [1.165, 1.54) is 12.1 Å². The monoisotopic (exact) mass is 451 g/mol. The number of benzene rings is 1. The number of pyridine rings is 2. The lowest BCUT2D eigenvalue weighted by Crippen LogP contribution is -2.21. The molecule has 0 bridgehead atoms. The number of amides is 2. The summed E-state index contributed by atoms with van der Waals surface area (Å²) in [6.07, 6.45) is 2.43. The van der Waals surface area contributed by atoms with Crippen molar-refractivity contribution in [1.82, 2.24) is 20.2 Å². The lowest BCUT2D eigenvalue weighted by Gasteiger charge is -2.14. The molecule has 2 N–H and O–H groups in total. The van der Waals surface area contributed by atoms with Crippen LogP contribution < -0.4 is 10.6 Å². The molecular formula is C23H19ClFN5O2. The summed E-state index contributed by atoms with van der Waals surface area (Å²) in [6, 6.07) is 9.64. The highest BCUT2D eigenvalue weighted by Crippen LogP contribution is 2.35. The fraction of sp³-hybridized carbons (Fsp3) is 0.217. The molecule has 1 aromatic carbocycles. The highest BCUT2D eigenvalue weighted by Gasteiger charge is 2.31. The Morgan fingerprint density at radius 1 is 1.22 bits per heavy atom. The maximum Gasteiger partial charge on any atom is 0.255 e. The Balaban J connectivity index is 1.50. The molecule has 1 atom stereocenters. The van der Waals surface area contributed by atoms with E-state index in [2.05, 4.69) is 20.6 Å². The Morgan fingerprint density at radius 3 is 2.75 bits per heavy atom. The number of carbonyl (C=O) groups is 2. The Hall–Kier alpha value is -3.52. The molecule has 5 rings (SSSR count). The lowest BCUT2D eigenvalue weighted by atomic mass is 10.00. The minimum Gasteiger partial charge on any atom is -0.346 e. The minimum absolute atomic E-state index is 0.0857. The van der Waals surface area contributed by atoms with Crippen molar-refractivity contribution in [2.24, 2.45) is 0 Å². The molecule has 0 unspecified atom stereocenters. The van der Waals surface area contributed by atoms with Crippen LogP contribution in [0, 0.1) is 5.82 Å². The second kappa shape index (κ2) is 7.87. The van der Waals surface area contributed by atoms with Crippen molar-refractivity contribution in [1.29, 1.82) is 0 Å². The summed E-state index contributed by atoms with van der Waals surface area (Å²) in [5, 5.41) is 6.12. The van der Waals surface area contributed by atoms with Crippen molar-refractivity contribution in [3.63, 3.8) is 0 Å². The quantitative estimate of drug-likeness (QED) is 0.628. The molecule has 1 saturated heterocycles. The molecule has 0 aliphatic carbocycles. The normalized spacial score (nSPS) is 17.5. The van der Waals surface area contributed by atoms with E-state index in [-0.39, 0.29) is 34.9 Å². The molecule has 1 fully saturated rings. The van der Waals surface area contributed by atoms with Gasteiger partial charge in [0, 0.05) is 19.8 Å². The van der Waals surface area contributed by atoms with Gasteiger partial charge in [-0.2, -0.15) is 0 Å². The number of nitrogens with zero attached hydrogens (tertiary/aromatic N) is 3. The van der Waals surface area contributed by atoms with Crippen molar-refractivity contribution >= 4 is 34.9 Å². The molecule has 0 radical (unpaired) electrons.